The monoisotopic (exact) mass is 873 g/mol. The quantitative estimate of drug-likeness (QED) is 0.0566. The molecule has 2 aromatic rings. The second-order valence-electron chi connectivity index (χ2n) is 18.7. The number of carbonyl (C=O) groups excluding carboxylic acids is 5. The molecule has 2 bridgehead atoms. The molecule has 346 valence electrons. The topological polar surface area (TPSA) is 242 Å². The summed E-state index contributed by atoms with van der Waals surface area (Å²) in [7, 11) is -0.633. The number of nitrogens with one attached hydrogen (secondary N) is 5. The lowest BCUT2D eigenvalue weighted by Gasteiger charge is -2.64. The van der Waals surface area contributed by atoms with Crippen molar-refractivity contribution in [3.63, 3.8) is 0 Å². The van der Waals surface area contributed by atoms with Crippen LogP contribution < -0.4 is 43.8 Å². The molecule has 5 amide bonds. The Labute approximate surface area is 374 Å². The number of hydrogen-bond donors (Lipinski definition) is 8. The number of hydrogen-bond acceptors (Lipinski definition) is 10. The van der Waals surface area contributed by atoms with E-state index in [0.29, 0.717) is 62.6 Å². The molecule has 2 aromatic carbocycles. The van der Waals surface area contributed by atoms with Crippen LogP contribution in [0.1, 0.15) is 122 Å². The highest BCUT2D eigenvalue weighted by Crippen LogP contribution is 2.65. The van der Waals surface area contributed by atoms with Gasteiger partial charge in [0.05, 0.1) is 17.6 Å². The maximum Gasteiger partial charge on any atom is 0.481 e. The van der Waals surface area contributed by atoms with Crippen molar-refractivity contribution in [1.29, 1.82) is 0 Å². The predicted molar refractivity (Wildman–Crippen MR) is 246 cm³/mol. The Balaban J connectivity index is 1.15. The van der Waals surface area contributed by atoms with Crippen molar-refractivity contribution in [2.45, 2.75) is 154 Å². The first-order chi connectivity index (χ1) is 30.1. The first kappa shape index (κ1) is 49.7. The van der Waals surface area contributed by atoms with Gasteiger partial charge in [-0.25, -0.2) is 0 Å². The van der Waals surface area contributed by atoms with Crippen LogP contribution in [-0.2, 0) is 34.9 Å². The van der Waals surface area contributed by atoms with E-state index in [4.69, 9.17) is 26.5 Å². The van der Waals surface area contributed by atoms with Gasteiger partial charge in [-0.1, -0.05) is 63.6 Å². The van der Waals surface area contributed by atoms with Crippen molar-refractivity contribution in [2.24, 2.45) is 34.5 Å². The van der Waals surface area contributed by atoms with Crippen LogP contribution in [0, 0.1) is 17.3 Å². The summed E-state index contributed by atoms with van der Waals surface area (Å²) < 4.78 is 13.0. The van der Waals surface area contributed by atoms with Crippen LogP contribution in [0.5, 0.6) is 0 Å². The maximum atomic E-state index is 13.7. The second kappa shape index (κ2) is 22.5. The molecule has 63 heavy (non-hydrogen) atoms. The lowest BCUT2D eigenvalue weighted by molar-refractivity contribution is -0.199. The fraction of sp³-hybridized carbons (Fsp3) is 0.638. The van der Waals surface area contributed by atoms with Crippen molar-refractivity contribution in [3.05, 3.63) is 59.7 Å². The Kier molecular flexibility index (Phi) is 17.8. The number of aryl methyl sites for hydroxylation is 1. The fourth-order valence-corrected chi connectivity index (χ4v) is 9.51. The van der Waals surface area contributed by atoms with Gasteiger partial charge < -0.3 is 53.1 Å². The van der Waals surface area contributed by atoms with Crippen LogP contribution in [0.25, 0.3) is 11.1 Å². The van der Waals surface area contributed by atoms with Gasteiger partial charge in [-0.2, -0.15) is 0 Å². The van der Waals surface area contributed by atoms with E-state index in [9.17, 15) is 24.0 Å². The number of carbonyl (C=O) groups is 5. The Bertz CT molecular complexity index is 1870. The van der Waals surface area contributed by atoms with Gasteiger partial charge in [0.15, 0.2) is 0 Å². The number of benzene rings is 2. The van der Waals surface area contributed by atoms with Crippen LogP contribution in [0.4, 0.5) is 0 Å². The molecule has 15 nitrogen and oxygen atoms in total. The Morgan fingerprint density at radius 1 is 0.698 bits per heavy atom. The van der Waals surface area contributed by atoms with Gasteiger partial charge in [0.25, 0.3) is 5.91 Å². The zero-order valence-electron chi connectivity index (χ0n) is 38.3. The zero-order chi connectivity index (χ0) is 45.9. The highest BCUT2D eigenvalue weighted by atomic mass is 16.7. The summed E-state index contributed by atoms with van der Waals surface area (Å²) in [5, 5.41) is 14.0. The van der Waals surface area contributed by atoms with E-state index >= 15 is 0 Å². The highest BCUT2D eigenvalue weighted by molar-refractivity contribution is 6.47. The molecule has 1 heterocycles. The minimum absolute atomic E-state index is 0.0421. The molecule has 1 saturated heterocycles. The molecular formula is C47H73BN8O7. The lowest BCUT2D eigenvalue weighted by Crippen LogP contribution is -2.65. The van der Waals surface area contributed by atoms with Crippen LogP contribution in [0.15, 0.2) is 48.5 Å². The molecule has 0 aromatic heterocycles. The first-order valence-electron chi connectivity index (χ1n) is 23.2. The number of nitrogens with two attached hydrogens (primary N) is 3. The molecule has 1 aliphatic heterocycles. The molecule has 0 spiro atoms. The van der Waals surface area contributed by atoms with Gasteiger partial charge in [0.1, 0.15) is 24.2 Å². The van der Waals surface area contributed by atoms with Gasteiger partial charge in [-0.3, -0.25) is 24.0 Å². The molecule has 9 atom stereocenters. The standard InChI is InChI=1S/C47H73BN8O7/c1-7-8-13-31-16-18-32(19-17-31)33-20-22-34(23-21-33)42(58)56-38(28-51)45(61)55-36(14-9-11-24-49)43(59)52-29(2)41(57)54-37(15-10-12-25-50)44(60)53-30(3)48-62-40-27-35-26-39(46(35,4)5)47(40,6)63-48/h16-23,29-30,35-40H,7-15,24-28,49-51H2,1-6H3,(H,52,59)(H,53,60)(H,54,57)(H,55,61)(H,56,58)/t29-,30-,35-,36-,37-,38-,39-,40?,47-/m0/s1. The zero-order valence-corrected chi connectivity index (χ0v) is 38.3. The SMILES string of the molecule is CCCCc1ccc(-c2ccc(C(=O)N[C@@H](CN)C(=O)N[C@@H](CCCCN)C(=O)N[C@@H](C)C(=O)N[C@@H](CCCCN)C(=O)N[C@@H](C)B3OC4C[C@@H]5C[C@@H](C5(C)C)[C@]4(C)O3)cc2)cc1. The summed E-state index contributed by atoms with van der Waals surface area (Å²) in [6.45, 7) is 12.8. The van der Waals surface area contributed by atoms with Gasteiger partial charge in [0, 0.05) is 12.1 Å². The molecule has 4 fully saturated rings. The molecule has 3 aliphatic carbocycles. The van der Waals surface area contributed by atoms with Crippen LogP contribution >= 0.6 is 0 Å². The van der Waals surface area contributed by atoms with Gasteiger partial charge in [-0.05, 0) is 144 Å². The molecule has 4 aliphatic rings. The Hall–Kier alpha value is -4.35. The molecular weight excluding hydrogens is 799 g/mol. The first-order valence-corrected chi connectivity index (χ1v) is 23.2. The molecule has 0 radical (unpaired) electrons. The Morgan fingerprint density at radius 2 is 1.25 bits per heavy atom. The molecule has 1 unspecified atom stereocenters. The van der Waals surface area contributed by atoms with Crippen molar-refractivity contribution in [1.82, 2.24) is 26.6 Å². The van der Waals surface area contributed by atoms with Crippen LogP contribution in [-0.4, -0.2) is 98.1 Å². The minimum Gasteiger partial charge on any atom is -0.404 e. The third kappa shape index (κ3) is 12.3. The van der Waals surface area contributed by atoms with Crippen molar-refractivity contribution < 1.29 is 33.3 Å². The van der Waals surface area contributed by atoms with Crippen molar-refractivity contribution in [3.8, 4) is 11.1 Å². The Morgan fingerprint density at radius 3 is 1.81 bits per heavy atom. The number of unbranched alkanes of at least 4 members (excludes halogenated alkanes) is 3. The third-order valence-corrected chi connectivity index (χ3v) is 13.8. The van der Waals surface area contributed by atoms with E-state index in [2.05, 4.69) is 78.5 Å². The van der Waals surface area contributed by atoms with Crippen LogP contribution in [0.2, 0.25) is 0 Å². The predicted octanol–water partition coefficient (Wildman–Crippen LogP) is 3.26. The highest BCUT2D eigenvalue weighted by Gasteiger charge is 2.68. The molecule has 6 rings (SSSR count). The van der Waals surface area contributed by atoms with Gasteiger partial charge >= 0.3 is 7.12 Å². The lowest BCUT2D eigenvalue weighted by atomic mass is 9.43. The van der Waals surface area contributed by atoms with Crippen LogP contribution in [0.3, 0.4) is 0 Å². The van der Waals surface area contributed by atoms with E-state index < -0.39 is 72.4 Å². The normalized spacial score (nSPS) is 23.2. The van der Waals surface area contributed by atoms with Crippen molar-refractivity contribution >= 4 is 36.7 Å². The van der Waals surface area contributed by atoms with Gasteiger partial charge in [0.2, 0.25) is 23.6 Å². The molecule has 11 N–H and O–H groups in total. The summed E-state index contributed by atoms with van der Waals surface area (Å²) in [4.78, 5) is 67.9. The summed E-state index contributed by atoms with van der Waals surface area (Å²) in [6.07, 6.45) is 8.20. The average Bonchev–Trinajstić information content (AvgIpc) is 3.64. The van der Waals surface area contributed by atoms with E-state index in [1.54, 1.807) is 12.1 Å². The van der Waals surface area contributed by atoms with Gasteiger partial charge in [-0.15, -0.1) is 0 Å². The van der Waals surface area contributed by atoms with E-state index in [1.807, 2.05) is 19.1 Å². The number of rotatable bonds is 24. The fourth-order valence-electron chi connectivity index (χ4n) is 9.51. The maximum absolute atomic E-state index is 13.7. The average molecular weight is 873 g/mol. The third-order valence-electron chi connectivity index (χ3n) is 13.8. The summed E-state index contributed by atoms with van der Waals surface area (Å²) >= 11 is 0. The largest absolute Gasteiger partial charge is 0.481 e. The number of amides is 5. The summed E-state index contributed by atoms with van der Waals surface area (Å²) in [5.74, 6) is -2.25. The van der Waals surface area contributed by atoms with E-state index in [0.717, 1.165) is 43.2 Å². The minimum atomic E-state index is -1.14. The molecule has 16 heteroatoms. The van der Waals surface area contributed by atoms with E-state index in [1.165, 1.54) is 12.5 Å². The second-order valence-corrected chi connectivity index (χ2v) is 18.7. The smallest absolute Gasteiger partial charge is 0.404 e. The summed E-state index contributed by atoms with van der Waals surface area (Å²) in [6, 6.07) is 11.3. The van der Waals surface area contributed by atoms with Crippen molar-refractivity contribution in [2.75, 3.05) is 19.6 Å². The molecule has 3 saturated carbocycles. The summed E-state index contributed by atoms with van der Waals surface area (Å²) in [5.41, 5.74) is 20.8. The van der Waals surface area contributed by atoms with E-state index in [-0.39, 0.29) is 24.5 Å².